The van der Waals surface area contributed by atoms with Crippen molar-refractivity contribution >= 4 is 11.4 Å². The van der Waals surface area contributed by atoms with E-state index in [-0.39, 0.29) is 0 Å². The number of anilines is 2. The highest BCUT2D eigenvalue weighted by Gasteiger charge is 2.24. The Hall–Kier alpha value is -1.76. The summed E-state index contributed by atoms with van der Waals surface area (Å²) in [4.78, 5) is 2.60. The minimum atomic E-state index is 0.636. The van der Waals surface area contributed by atoms with E-state index in [9.17, 15) is 0 Å². The molecule has 0 radical (unpaired) electrons. The van der Waals surface area contributed by atoms with Crippen molar-refractivity contribution in [2.75, 3.05) is 4.90 Å². The summed E-state index contributed by atoms with van der Waals surface area (Å²) in [5.74, 6) is 0. The lowest BCUT2D eigenvalue weighted by atomic mass is 9.92. The third kappa shape index (κ3) is 2.90. The second-order valence-corrected chi connectivity index (χ2v) is 6.65. The molecule has 0 unspecified atom stereocenters. The molecule has 0 aliphatic heterocycles. The van der Waals surface area contributed by atoms with Gasteiger partial charge >= 0.3 is 0 Å². The zero-order chi connectivity index (χ0) is 15.5. The molecule has 0 bridgehead atoms. The first kappa shape index (κ1) is 15.1. The van der Waals surface area contributed by atoms with E-state index in [1.807, 2.05) is 0 Å². The van der Waals surface area contributed by atoms with Crippen LogP contribution in [0.25, 0.3) is 0 Å². The van der Waals surface area contributed by atoms with Gasteiger partial charge in [0.05, 0.1) is 0 Å². The highest BCUT2D eigenvalue weighted by Crippen LogP contribution is 2.37. The Balaban J connectivity index is 2.07. The Morgan fingerprint density at radius 3 is 2.14 bits per heavy atom. The molecule has 0 heterocycles. The summed E-state index contributed by atoms with van der Waals surface area (Å²) < 4.78 is 0. The van der Waals surface area contributed by atoms with E-state index in [1.54, 1.807) is 0 Å². The molecule has 0 amide bonds. The zero-order valence-electron chi connectivity index (χ0n) is 14.1. The molecule has 0 atom stereocenters. The maximum absolute atomic E-state index is 2.60. The lowest BCUT2D eigenvalue weighted by Crippen LogP contribution is -2.33. The van der Waals surface area contributed by atoms with Crippen LogP contribution in [-0.2, 0) is 0 Å². The number of nitrogens with zero attached hydrogens (tertiary/aromatic N) is 1. The van der Waals surface area contributed by atoms with E-state index in [4.69, 9.17) is 0 Å². The van der Waals surface area contributed by atoms with E-state index >= 15 is 0 Å². The van der Waals surface area contributed by atoms with E-state index in [1.165, 1.54) is 60.2 Å². The van der Waals surface area contributed by atoms with Gasteiger partial charge < -0.3 is 4.90 Å². The molecule has 22 heavy (non-hydrogen) atoms. The van der Waals surface area contributed by atoms with Crippen LogP contribution in [0.4, 0.5) is 11.4 Å². The van der Waals surface area contributed by atoms with Crippen LogP contribution in [0.3, 0.4) is 0 Å². The van der Waals surface area contributed by atoms with Crippen LogP contribution in [-0.4, -0.2) is 6.04 Å². The molecule has 0 spiro atoms. The molecule has 0 N–H and O–H groups in total. The monoisotopic (exact) mass is 293 g/mol. The van der Waals surface area contributed by atoms with Gasteiger partial charge in [0.15, 0.2) is 0 Å². The van der Waals surface area contributed by atoms with Gasteiger partial charge in [0.1, 0.15) is 0 Å². The smallest absolute Gasteiger partial charge is 0.0445 e. The standard InChI is InChI=1S/C21H27N/c1-16-14-15-21(18(3)17(16)2)22(19-10-6-4-7-11-19)20-12-8-5-9-13-20/h4,6-7,10-11,14-15,20H,5,8-9,12-13H2,1-3H3. The molecule has 1 saturated carbocycles. The first-order valence-electron chi connectivity index (χ1n) is 8.59. The number of hydrogen-bond donors (Lipinski definition) is 0. The first-order chi connectivity index (χ1) is 10.7. The van der Waals surface area contributed by atoms with Crippen molar-refractivity contribution in [2.24, 2.45) is 0 Å². The topological polar surface area (TPSA) is 3.24 Å². The first-order valence-corrected chi connectivity index (χ1v) is 8.59. The van der Waals surface area contributed by atoms with Gasteiger partial charge in [-0.25, -0.2) is 0 Å². The second kappa shape index (κ2) is 6.56. The predicted octanol–water partition coefficient (Wildman–Crippen LogP) is 6.08. The Morgan fingerprint density at radius 1 is 0.773 bits per heavy atom. The van der Waals surface area contributed by atoms with Gasteiger partial charge in [-0.15, -0.1) is 0 Å². The fourth-order valence-electron chi connectivity index (χ4n) is 3.68. The largest absolute Gasteiger partial charge is 0.338 e. The molecule has 0 aromatic heterocycles. The molecule has 116 valence electrons. The molecular weight excluding hydrogens is 266 g/mol. The van der Waals surface area contributed by atoms with E-state index < -0.39 is 0 Å². The van der Waals surface area contributed by atoms with E-state index in [0.717, 1.165) is 0 Å². The highest BCUT2D eigenvalue weighted by molar-refractivity contribution is 5.69. The Morgan fingerprint density at radius 2 is 1.45 bits per heavy atom. The van der Waals surface area contributed by atoms with Crippen molar-refractivity contribution in [3.8, 4) is 0 Å². The van der Waals surface area contributed by atoms with Gasteiger partial charge in [-0.2, -0.15) is 0 Å². The maximum atomic E-state index is 2.60. The predicted molar refractivity (Wildman–Crippen MR) is 96.1 cm³/mol. The van der Waals surface area contributed by atoms with Crippen molar-refractivity contribution in [1.82, 2.24) is 0 Å². The van der Waals surface area contributed by atoms with Crippen LogP contribution in [0.1, 0.15) is 48.8 Å². The van der Waals surface area contributed by atoms with Crippen molar-refractivity contribution in [3.05, 3.63) is 59.2 Å². The summed E-state index contributed by atoms with van der Waals surface area (Å²) in [5, 5.41) is 0. The summed E-state index contributed by atoms with van der Waals surface area (Å²) in [6, 6.07) is 16.2. The molecule has 1 fully saturated rings. The van der Waals surface area contributed by atoms with Crippen molar-refractivity contribution in [3.63, 3.8) is 0 Å². The summed E-state index contributed by atoms with van der Waals surface area (Å²) in [6.45, 7) is 6.73. The molecule has 1 aliphatic carbocycles. The van der Waals surface area contributed by atoms with Crippen molar-refractivity contribution in [1.29, 1.82) is 0 Å². The number of rotatable bonds is 3. The number of benzene rings is 2. The molecule has 2 aromatic carbocycles. The zero-order valence-corrected chi connectivity index (χ0v) is 14.1. The second-order valence-electron chi connectivity index (χ2n) is 6.65. The average Bonchev–Trinajstić information content (AvgIpc) is 2.57. The third-order valence-electron chi connectivity index (χ3n) is 5.26. The van der Waals surface area contributed by atoms with Gasteiger partial charge in [0.25, 0.3) is 0 Å². The van der Waals surface area contributed by atoms with Gasteiger partial charge in [0, 0.05) is 17.4 Å². The molecule has 3 rings (SSSR count). The Kier molecular flexibility index (Phi) is 4.52. The SMILES string of the molecule is Cc1ccc(N(c2ccccc2)C2CCCCC2)c(C)c1C. The van der Waals surface area contributed by atoms with Crippen molar-refractivity contribution in [2.45, 2.75) is 58.9 Å². The van der Waals surface area contributed by atoms with Crippen LogP contribution >= 0.6 is 0 Å². The fourth-order valence-corrected chi connectivity index (χ4v) is 3.68. The average molecular weight is 293 g/mol. The molecular formula is C21H27N. The van der Waals surface area contributed by atoms with Crippen LogP contribution in [0, 0.1) is 20.8 Å². The molecule has 1 heteroatoms. The van der Waals surface area contributed by atoms with Gasteiger partial charge in [-0.1, -0.05) is 43.5 Å². The van der Waals surface area contributed by atoms with Crippen molar-refractivity contribution < 1.29 is 0 Å². The minimum Gasteiger partial charge on any atom is -0.338 e. The summed E-state index contributed by atoms with van der Waals surface area (Å²) >= 11 is 0. The molecule has 1 aliphatic rings. The molecule has 1 nitrogen and oxygen atoms in total. The highest BCUT2D eigenvalue weighted by atomic mass is 15.2. The number of aryl methyl sites for hydroxylation is 1. The molecule has 0 saturated heterocycles. The Bertz CT molecular complexity index is 624. The quantitative estimate of drug-likeness (QED) is 0.662. The van der Waals surface area contributed by atoms with Crippen LogP contribution in [0.15, 0.2) is 42.5 Å². The minimum absolute atomic E-state index is 0.636. The normalized spacial score (nSPS) is 15.8. The summed E-state index contributed by atoms with van der Waals surface area (Å²) in [6.07, 6.45) is 6.73. The summed E-state index contributed by atoms with van der Waals surface area (Å²) in [5.41, 5.74) is 6.96. The molecule has 2 aromatic rings. The third-order valence-corrected chi connectivity index (χ3v) is 5.26. The lowest BCUT2D eigenvalue weighted by Gasteiger charge is -2.37. The van der Waals surface area contributed by atoms with Gasteiger partial charge in [0.2, 0.25) is 0 Å². The maximum Gasteiger partial charge on any atom is 0.0445 e. The van der Waals surface area contributed by atoms with E-state index in [0.29, 0.717) is 6.04 Å². The van der Waals surface area contributed by atoms with Gasteiger partial charge in [-0.3, -0.25) is 0 Å². The number of para-hydroxylation sites is 1. The Labute approximate surface area is 135 Å². The van der Waals surface area contributed by atoms with Crippen LogP contribution < -0.4 is 4.90 Å². The van der Waals surface area contributed by atoms with Crippen LogP contribution in [0.5, 0.6) is 0 Å². The number of hydrogen-bond acceptors (Lipinski definition) is 1. The summed E-state index contributed by atoms with van der Waals surface area (Å²) in [7, 11) is 0. The fraction of sp³-hybridized carbons (Fsp3) is 0.429. The van der Waals surface area contributed by atoms with Crippen LogP contribution in [0.2, 0.25) is 0 Å². The van der Waals surface area contributed by atoms with Gasteiger partial charge in [-0.05, 0) is 68.5 Å². The lowest BCUT2D eigenvalue weighted by molar-refractivity contribution is 0.435. The van der Waals surface area contributed by atoms with E-state index in [2.05, 4.69) is 68.1 Å².